The van der Waals surface area contributed by atoms with Crippen LogP contribution in [0.3, 0.4) is 0 Å². The molecule has 1 fully saturated rings. The van der Waals surface area contributed by atoms with Crippen LogP contribution in [0.4, 0.5) is 5.69 Å². The number of imide groups is 1. The van der Waals surface area contributed by atoms with Crippen LogP contribution in [-0.4, -0.2) is 38.4 Å². The van der Waals surface area contributed by atoms with Crippen LogP contribution in [0.25, 0.3) is 0 Å². The molecule has 3 amide bonds. The summed E-state index contributed by atoms with van der Waals surface area (Å²) in [6, 6.07) is 11.8. The first-order valence-electron chi connectivity index (χ1n) is 10.9. The molecule has 2 aliphatic rings. The van der Waals surface area contributed by atoms with E-state index in [0.29, 0.717) is 53.5 Å². The van der Waals surface area contributed by atoms with Crippen LogP contribution in [0.2, 0.25) is 5.02 Å². The maximum atomic E-state index is 13.2. The van der Waals surface area contributed by atoms with E-state index in [1.54, 1.807) is 24.4 Å². The number of nitrogens with one attached hydrogen (secondary N) is 2. The summed E-state index contributed by atoms with van der Waals surface area (Å²) < 4.78 is 1.82. The molecule has 1 atom stereocenters. The highest BCUT2D eigenvalue weighted by Crippen LogP contribution is 2.33. The molecular formula is C25H22ClN5O3. The second-order valence-corrected chi connectivity index (χ2v) is 8.82. The molecule has 2 N–H and O–H groups in total. The third-order valence-corrected chi connectivity index (χ3v) is 6.26. The van der Waals surface area contributed by atoms with Crippen molar-refractivity contribution in [3.63, 3.8) is 0 Å². The lowest BCUT2D eigenvalue weighted by Crippen LogP contribution is -2.51. The maximum Gasteiger partial charge on any atom is 0.264 e. The highest BCUT2D eigenvalue weighted by molar-refractivity contribution is 6.30. The van der Waals surface area contributed by atoms with Crippen LogP contribution in [0, 0.1) is 0 Å². The molecule has 3 aromatic rings. The topological polar surface area (TPSA) is 96.3 Å². The monoisotopic (exact) mass is 475 g/mol. The highest BCUT2D eigenvalue weighted by Gasteiger charge is 2.44. The van der Waals surface area contributed by atoms with E-state index in [1.165, 1.54) is 0 Å². The third kappa shape index (κ3) is 4.08. The number of halogens is 1. The van der Waals surface area contributed by atoms with E-state index in [1.807, 2.05) is 35.1 Å². The summed E-state index contributed by atoms with van der Waals surface area (Å²) in [4.78, 5) is 39.7. The Morgan fingerprint density at radius 1 is 1.09 bits per heavy atom. The normalized spacial score (nSPS) is 17.7. The molecule has 2 aromatic carbocycles. The molecule has 1 saturated heterocycles. The molecule has 1 aromatic heterocycles. The minimum Gasteiger partial charge on any atom is -0.380 e. The van der Waals surface area contributed by atoms with E-state index in [4.69, 9.17) is 11.6 Å². The first-order chi connectivity index (χ1) is 16.4. The summed E-state index contributed by atoms with van der Waals surface area (Å²) in [6.07, 6.45) is 4.56. The number of fused-ring (bicyclic) bond motifs is 1. The number of hydrogen-bond acceptors (Lipinski definition) is 5. The molecule has 5 rings (SSSR count). The number of aromatic nitrogens is 2. The van der Waals surface area contributed by atoms with E-state index in [0.717, 1.165) is 16.0 Å². The Bertz CT molecular complexity index is 1310. The van der Waals surface area contributed by atoms with Crippen molar-refractivity contribution in [2.75, 3.05) is 5.32 Å². The van der Waals surface area contributed by atoms with Crippen LogP contribution in [0.5, 0.6) is 0 Å². The van der Waals surface area contributed by atoms with Crippen LogP contribution in [0.1, 0.15) is 44.7 Å². The van der Waals surface area contributed by atoms with Gasteiger partial charge in [0.15, 0.2) is 0 Å². The van der Waals surface area contributed by atoms with Gasteiger partial charge in [-0.05, 0) is 42.7 Å². The molecule has 0 aliphatic carbocycles. The Morgan fingerprint density at radius 2 is 1.88 bits per heavy atom. The van der Waals surface area contributed by atoms with Gasteiger partial charge in [0.05, 0.1) is 23.9 Å². The van der Waals surface area contributed by atoms with Gasteiger partial charge in [0.2, 0.25) is 5.91 Å². The molecule has 0 bridgehead atoms. The van der Waals surface area contributed by atoms with Crippen LogP contribution in [0.15, 0.2) is 67.1 Å². The lowest BCUT2D eigenvalue weighted by molar-refractivity contribution is -0.125. The van der Waals surface area contributed by atoms with E-state index in [-0.39, 0.29) is 5.91 Å². The number of allylic oxidation sites excluding steroid dienone is 1. The fourth-order valence-corrected chi connectivity index (χ4v) is 4.43. The van der Waals surface area contributed by atoms with E-state index >= 15 is 0 Å². The zero-order valence-corrected chi connectivity index (χ0v) is 19.0. The van der Waals surface area contributed by atoms with Crippen LogP contribution in [-0.2, 0) is 17.9 Å². The van der Waals surface area contributed by atoms with Crippen LogP contribution < -0.4 is 10.6 Å². The summed E-state index contributed by atoms with van der Waals surface area (Å²) in [5.41, 5.74) is 3.72. The van der Waals surface area contributed by atoms with Gasteiger partial charge in [0.1, 0.15) is 6.04 Å². The van der Waals surface area contributed by atoms with Crippen molar-refractivity contribution in [2.24, 2.45) is 0 Å². The zero-order valence-electron chi connectivity index (χ0n) is 18.3. The maximum absolute atomic E-state index is 13.2. The number of hydrogen-bond donors (Lipinski definition) is 2. The van der Waals surface area contributed by atoms with Gasteiger partial charge in [-0.3, -0.25) is 24.0 Å². The molecule has 0 saturated carbocycles. The van der Waals surface area contributed by atoms with Gasteiger partial charge in [0.25, 0.3) is 11.8 Å². The molecule has 1 unspecified atom stereocenters. The van der Waals surface area contributed by atoms with Crippen molar-refractivity contribution in [1.82, 2.24) is 20.0 Å². The average Bonchev–Trinajstić information content (AvgIpc) is 3.37. The number of amides is 3. The largest absolute Gasteiger partial charge is 0.380 e. The Hall–Kier alpha value is -3.91. The smallest absolute Gasteiger partial charge is 0.264 e. The summed E-state index contributed by atoms with van der Waals surface area (Å²) in [5, 5.41) is 11.0. The molecule has 8 nitrogen and oxygen atoms in total. The van der Waals surface area contributed by atoms with Gasteiger partial charge < -0.3 is 10.6 Å². The van der Waals surface area contributed by atoms with Crippen molar-refractivity contribution < 1.29 is 14.4 Å². The highest BCUT2D eigenvalue weighted by atomic mass is 35.5. The molecule has 0 radical (unpaired) electrons. The van der Waals surface area contributed by atoms with Gasteiger partial charge in [-0.25, -0.2) is 0 Å². The molecule has 9 heteroatoms. The van der Waals surface area contributed by atoms with Crippen molar-refractivity contribution in [2.45, 2.75) is 32.0 Å². The predicted molar refractivity (Wildman–Crippen MR) is 127 cm³/mol. The summed E-state index contributed by atoms with van der Waals surface area (Å²) in [6.45, 7) is 4.78. The Balaban J connectivity index is 1.30. The Kier molecular flexibility index (Phi) is 5.67. The predicted octanol–water partition coefficient (Wildman–Crippen LogP) is 3.59. The van der Waals surface area contributed by atoms with Crippen molar-refractivity contribution in [3.8, 4) is 0 Å². The number of benzene rings is 2. The number of carbonyl (C=O) groups excluding carboxylic acids is 3. The van der Waals surface area contributed by atoms with E-state index in [9.17, 15) is 14.4 Å². The van der Waals surface area contributed by atoms with Gasteiger partial charge in [-0.2, -0.15) is 5.10 Å². The van der Waals surface area contributed by atoms with Gasteiger partial charge in [0, 0.05) is 34.7 Å². The van der Waals surface area contributed by atoms with Crippen molar-refractivity contribution in [3.05, 3.63) is 94.4 Å². The average molecular weight is 476 g/mol. The van der Waals surface area contributed by atoms with Gasteiger partial charge >= 0.3 is 0 Å². The molecule has 0 spiro atoms. The fraction of sp³-hybridized carbons (Fsp3) is 0.200. The standard InChI is InChI=1S/C25H22ClN5O3/c1-15-5-10-21(23(32)29-15)31-24(33)19-3-2-4-20(22(19)25(31)34)27-11-17-12-28-30(14-17)13-16-6-8-18(26)9-7-16/h2-4,6-9,12,14,21,27H,1,5,10-11,13H2,(H,29,32). The summed E-state index contributed by atoms with van der Waals surface area (Å²) in [5.74, 6) is -1.30. The zero-order chi connectivity index (χ0) is 23.8. The lowest BCUT2D eigenvalue weighted by Gasteiger charge is -2.29. The summed E-state index contributed by atoms with van der Waals surface area (Å²) >= 11 is 5.94. The Labute approximate surface area is 201 Å². The second-order valence-electron chi connectivity index (χ2n) is 8.38. The SMILES string of the molecule is C=C1CCC(N2C(=O)c3cccc(NCc4cnn(Cc5ccc(Cl)cc5)c4)c3C2=O)C(=O)N1. The Morgan fingerprint density at radius 3 is 2.65 bits per heavy atom. The number of nitrogens with zero attached hydrogens (tertiary/aromatic N) is 3. The minimum atomic E-state index is -0.836. The third-order valence-electron chi connectivity index (χ3n) is 6.01. The van der Waals surface area contributed by atoms with Crippen molar-refractivity contribution in [1.29, 1.82) is 0 Å². The van der Waals surface area contributed by atoms with Gasteiger partial charge in [-0.15, -0.1) is 0 Å². The number of carbonyl (C=O) groups is 3. The van der Waals surface area contributed by atoms with Gasteiger partial charge in [-0.1, -0.05) is 36.4 Å². The first-order valence-corrected chi connectivity index (χ1v) is 11.3. The number of rotatable bonds is 6. The van der Waals surface area contributed by atoms with Crippen molar-refractivity contribution >= 4 is 35.0 Å². The number of anilines is 1. The molecule has 172 valence electrons. The fourth-order valence-electron chi connectivity index (χ4n) is 4.30. The number of piperidine rings is 1. The molecular weight excluding hydrogens is 454 g/mol. The van der Waals surface area contributed by atoms with E-state index in [2.05, 4.69) is 22.3 Å². The quantitative estimate of drug-likeness (QED) is 0.531. The minimum absolute atomic E-state index is 0.290. The lowest BCUT2D eigenvalue weighted by atomic mass is 10.0. The van der Waals surface area contributed by atoms with E-state index < -0.39 is 17.9 Å². The first kappa shape index (κ1) is 21.9. The van der Waals surface area contributed by atoms with Crippen LogP contribution >= 0.6 is 11.6 Å². The molecule has 3 heterocycles. The molecule has 2 aliphatic heterocycles. The second kappa shape index (κ2) is 8.79. The molecule has 34 heavy (non-hydrogen) atoms. The summed E-state index contributed by atoms with van der Waals surface area (Å²) in [7, 11) is 0.